The first-order chi connectivity index (χ1) is 15.1. The number of aldehydes is 1. The number of thioether (sulfide) groups is 2. The van der Waals surface area contributed by atoms with Crippen molar-refractivity contribution in [1.29, 1.82) is 0 Å². The van der Waals surface area contributed by atoms with Crippen LogP contribution in [0.1, 0.15) is 27.0 Å². The molecule has 0 atom stereocenters. The molecule has 0 aromatic heterocycles. The summed E-state index contributed by atoms with van der Waals surface area (Å²) >= 11 is -0.934. The molecule has 3 nitrogen and oxygen atoms in total. The van der Waals surface area contributed by atoms with E-state index in [9.17, 15) is 48.7 Å². The van der Waals surface area contributed by atoms with Gasteiger partial charge in [0.05, 0.1) is 11.8 Å². The number of carbonyl (C=O) groups is 1. The molecule has 0 unspecified atom stereocenters. The lowest BCUT2D eigenvalue weighted by Gasteiger charge is -2.17. The Bertz CT molecular complexity index is 1150. The first-order valence-corrected chi connectivity index (χ1v) is 9.93. The number of nitrogens with zero attached hydrogens (tertiary/aromatic N) is 1. The molecule has 2 aromatic carbocycles. The summed E-state index contributed by atoms with van der Waals surface area (Å²) < 4.78 is 131. The molecule has 2 aliphatic heterocycles. The highest BCUT2D eigenvalue weighted by Gasteiger charge is 2.65. The molecule has 4 rings (SSSR count). The van der Waals surface area contributed by atoms with Gasteiger partial charge in [0.1, 0.15) is 11.6 Å². The van der Waals surface area contributed by atoms with Gasteiger partial charge in [0, 0.05) is 26.5 Å². The van der Waals surface area contributed by atoms with Crippen LogP contribution in [0, 0.1) is 11.6 Å². The molecule has 0 spiro atoms. The van der Waals surface area contributed by atoms with Gasteiger partial charge in [-0.05, 0) is 47.8 Å². The van der Waals surface area contributed by atoms with Crippen molar-refractivity contribution in [2.75, 3.05) is 0 Å². The molecule has 0 aliphatic carbocycles. The van der Waals surface area contributed by atoms with Crippen LogP contribution in [0.4, 0.5) is 43.9 Å². The highest BCUT2D eigenvalue weighted by atomic mass is 32.2. The molecular weight excluding hydrogens is 516 g/mol. The summed E-state index contributed by atoms with van der Waals surface area (Å²) in [6.07, 6.45) is 0.470. The molecule has 0 amide bonds. The second kappa shape index (κ2) is 8.11. The van der Waals surface area contributed by atoms with E-state index in [0.29, 0.717) is 30.5 Å². The normalized spacial score (nSPS) is 20.7. The zero-order valence-corrected chi connectivity index (χ0v) is 17.0. The Balaban J connectivity index is 0.000000186. The van der Waals surface area contributed by atoms with Crippen molar-refractivity contribution >= 4 is 36.0 Å². The third-order valence-electron chi connectivity index (χ3n) is 4.46. The molecule has 2 aliphatic rings. The summed E-state index contributed by atoms with van der Waals surface area (Å²) in [6.45, 7) is 0. The molecule has 15 heteroatoms. The van der Waals surface area contributed by atoms with Gasteiger partial charge in [-0.25, -0.2) is 8.78 Å². The Morgan fingerprint density at radius 3 is 1.52 bits per heavy atom. The lowest BCUT2D eigenvalue weighted by atomic mass is 10.1. The maximum atomic E-state index is 13.3. The lowest BCUT2D eigenvalue weighted by Crippen LogP contribution is -2.29. The summed E-state index contributed by atoms with van der Waals surface area (Å²) in [5.74, 6) is -10.9. The van der Waals surface area contributed by atoms with Gasteiger partial charge in [-0.2, -0.15) is 35.1 Å². The molecule has 2 heterocycles. The first kappa shape index (κ1) is 25.2. The number of carbonyl (C=O) groups excluding carboxylic acids is 1. The Hall–Kier alpha value is -2.42. The number of hydrogen-bond acceptors (Lipinski definition) is 5. The molecule has 33 heavy (non-hydrogen) atoms. The first-order valence-electron chi connectivity index (χ1n) is 8.30. The Morgan fingerprint density at radius 1 is 0.727 bits per heavy atom. The Labute approximate surface area is 185 Å². The van der Waals surface area contributed by atoms with Crippen molar-refractivity contribution in [1.82, 2.24) is 0 Å². The van der Waals surface area contributed by atoms with Crippen molar-refractivity contribution in [3.05, 3.63) is 58.2 Å². The van der Waals surface area contributed by atoms with Gasteiger partial charge < -0.3 is 5.21 Å². The highest BCUT2D eigenvalue weighted by Crippen LogP contribution is 2.62. The van der Waals surface area contributed by atoms with Crippen LogP contribution in [0.5, 0.6) is 0 Å². The maximum Gasteiger partial charge on any atom is 0.364 e. The van der Waals surface area contributed by atoms with Crippen molar-refractivity contribution in [3.63, 3.8) is 0 Å². The summed E-state index contributed by atoms with van der Waals surface area (Å²) in [6, 6.07) is 2.39. The molecule has 178 valence electrons. The van der Waals surface area contributed by atoms with E-state index in [1.165, 1.54) is 0 Å². The van der Waals surface area contributed by atoms with Crippen molar-refractivity contribution in [3.8, 4) is 0 Å². The molecule has 0 fully saturated rings. The standard InChI is InChI=1S/C9H4F5NOS.C9H3F5OS/c10-6-2-1-5-7(4(6)3-15-16)17-9(13,14)8(5,11)12;10-6-2-1-5-7(4(6)3-15)16-9(13,14)8(5,11)12/h1-3,16H;1-3H/b15-3+;. The highest BCUT2D eigenvalue weighted by molar-refractivity contribution is 8.01. The maximum absolute atomic E-state index is 13.3. The van der Waals surface area contributed by atoms with Gasteiger partial charge in [-0.15, -0.1) is 0 Å². The minimum atomic E-state index is -4.39. The minimum Gasteiger partial charge on any atom is -0.411 e. The predicted octanol–water partition coefficient (Wildman–Crippen LogP) is 6.85. The average Bonchev–Trinajstić information content (AvgIpc) is 3.00. The summed E-state index contributed by atoms with van der Waals surface area (Å²) in [7, 11) is 0. The molecular formula is C18H7F10NO2S2. The van der Waals surface area contributed by atoms with Crippen molar-refractivity contribution in [2.24, 2.45) is 5.16 Å². The lowest BCUT2D eigenvalue weighted by molar-refractivity contribution is -0.154. The van der Waals surface area contributed by atoms with Crippen LogP contribution >= 0.6 is 23.5 Å². The van der Waals surface area contributed by atoms with Gasteiger partial charge in [-0.1, -0.05) is 5.16 Å². The van der Waals surface area contributed by atoms with Gasteiger partial charge in [0.2, 0.25) is 0 Å². The monoisotopic (exact) mass is 523 g/mol. The second-order valence-electron chi connectivity index (χ2n) is 6.42. The quantitative estimate of drug-likeness (QED) is 0.154. The molecule has 0 bridgehead atoms. The largest absolute Gasteiger partial charge is 0.411 e. The van der Waals surface area contributed by atoms with Crippen molar-refractivity contribution < 1.29 is 53.9 Å². The van der Waals surface area contributed by atoms with E-state index in [-0.39, 0.29) is 6.29 Å². The SMILES string of the molecule is O/N=C/c1c(F)ccc2c1SC(F)(F)C2(F)F.O=Cc1c(F)ccc2c1SC(F)(F)C2(F)F. The fourth-order valence-corrected chi connectivity index (χ4v) is 4.97. The zero-order valence-electron chi connectivity index (χ0n) is 15.4. The van der Waals surface area contributed by atoms with Crippen LogP contribution in [-0.4, -0.2) is 28.2 Å². The van der Waals surface area contributed by atoms with E-state index < -0.39 is 89.6 Å². The Morgan fingerprint density at radius 2 is 1.12 bits per heavy atom. The predicted molar refractivity (Wildman–Crippen MR) is 97.0 cm³/mol. The smallest absolute Gasteiger partial charge is 0.364 e. The molecule has 1 N–H and O–H groups in total. The van der Waals surface area contributed by atoms with E-state index in [2.05, 4.69) is 5.16 Å². The number of fused-ring (bicyclic) bond motifs is 2. The third-order valence-corrected chi connectivity index (χ3v) is 6.77. The van der Waals surface area contributed by atoms with E-state index >= 15 is 0 Å². The van der Waals surface area contributed by atoms with E-state index in [1.807, 2.05) is 0 Å². The van der Waals surface area contributed by atoms with Gasteiger partial charge in [0.15, 0.2) is 6.29 Å². The van der Waals surface area contributed by atoms with Crippen LogP contribution in [-0.2, 0) is 11.8 Å². The van der Waals surface area contributed by atoms with Crippen LogP contribution in [0.3, 0.4) is 0 Å². The van der Waals surface area contributed by atoms with Crippen LogP contribution in [0.15, 0.2) is 39.2 Å². The number of benzene rings is 2. The summed E-state index contributed by atoms with van der Waals surface area (Å²) in [5.41, 5.74) is -3.30. The molecule has 2 aromatic rings. The van der Waals surface area contributed by atoms with E-state index in [4.69, 9.17) is 5.21 Å². The topological polar surface area (TPSA) is 49.7 Å². The Kier molecular flexibility index (Phi) is 6.20. The average molecular weight is 523 g/mol. The van der Waals surface area contributed by atoms with Crippen molar-refractivity contribution in [2.45, 2.75) is 32.1 Å². The summed E-state index contributed by atoms with van der Waals surface area (Å²) in [5, 5.41) is 2.02. The number of oxime groups is 1. The molecule has 0 saturated carbocycles. The van der Waals surface area contributed by atoms with Gasteiger partial charge in [0.25, 0.3) is 0 Å². The summed E-state index contributed by atoms with van der Waals surface area (Å²) in [4.78, 5) is 9.16. The number of halogens is 10. The zero-order chi connectivity index (χ0) is 25.0. The molecule has 0 saturated heterocycles. The third kappa shape index (κ3) is 3.84. The fraction of sp³-hybridized carbons (Fsp3) is 0.222. The molecule has 0 radical (unpaired) electrons. The van der Waals surface area contributed by atoms with Crippen LogP contribution in [0.2, 0.25) is 0 Å². The fourth-order valence-electron chi connectivity index (χ4n) is 2.85. The van der Waals surface area contributed by atoms with E-state index in [0.717, 1.165) is 0 Å². The van der Waals surface area contributed by atoms with Crippen LogP contribution < -0.4 is 0 Å². The van der Waals surface area contributed by atoms with Crippen LogP contribution in [0.25, 0.3) is 0 Å². The number of hydrogen-bond donors (Lipinski definition) is 1. The van der Waals surface area contributed by atoms with Gasteiger partial charge in [-0.3, -0.25) is 4.79 Å². The van der Waals surface area contributed by atoms with E-state index in [1.54, 1.807) is 0 Å². The number of alkyl halides is 8. The minimum absolute atomic E-state index is 0.0430. The second-order valence-corrected chi connectivity index (χ2v) is 8.67. The number of rotatable bonds is 2. The van der Waals surface area contributed by atoms with Gasteiger partial charge >= 0.3 is 22.4 Å².